The number of nitrogens with zero attached hydrogens (tertiary/aromatic N) is 1. The van der Waals surface area contributed by atoms with Crippen LogP contribution in [0.3, 0.4) is 0 Å². The Balaban J connectivity index is 1.84. The van der Waals surface area contributed by atoms with E-state index in [1.165, 1.54) is 11.6 Å². The van der Waals surface area contributed by atoms with Gasteiger partial charge in [-0.1, -0.05) is 50.0 Å². The fourth-order valence-electron chi connectivity index (χ4n) is 4.16. The van der Waals surface area contributed by atoms with Gasteiger partial charge < -0.3 is 14.3 Å². The highest BCUT2D eigenvalue weighted by atomic mass is 35.5. The summed E-state index contributed by atoms with van der Waals surface area (Å²) >= 11 is 12.4. The van der Waals surface area contributed by atoms with Crippen molar-refractivity contribution in [2.24, 2.45) is 11.3 Å². The van der Waals surface area contributed by atoms with Gasteiger partial charge in [0.25, 0.3) is 5.95 Å². The second-order valence-corrected chi connectivity index (χ2v) is 9.55. The van der Waals surface area contributed by atoms with E-state index in [1.54, 1.807) is 12.1 Å². The molecule has 1 atom stereocenters. The van der Waals surface area contributed by atoms with E-state index >= 15 is 0 Å². The van der Waals surface area contributed by atoms with Crippen molar-refractivity contribution < 1.29 is 19.1 Å². The lowest BCUT2D eigenvalue weighted by atomic mass is 9.72. The lowest BCUT2D eigenvalue weighted by Crippen LogP contribution is -2.27. The number of furan rings is 1. The summed E-state index contributed by atoms with van der Waals surface area (Å²) < 4.78 is 12.4. The minimum atomic E-state index is -1.41. The lowest BCUT2D eigenvalue weighted by Gasteiger charge is -2.34. The van der Waals surface area contributed by atoms with Crippen LogP contribution in [0.4, 0.5) is 4.79 Å². The fourth-order valence-corrected chi connectivity index (χ4v) is 4.46. The molecule has 0 amide bonds. The average molecular weight is 448 g/mol. The van der Waals surface area contributed by atoms with Crippen molar-refractivity contribution >= 4 is 29.4 Å². The summed E-state index contributed by atoms with van der Waals surface area (Å²) in [5, 5.41) is 9.84. The molecule has 4 rings (SSSR count). The third kappa shape index (κ3) is 3.96. The summed E-state index contributed by atoms with van der Waals surface area (Å²) in [6.07, 6.45) is 1.53. The molecule has 1 aliphatic carbocycles. The van der Waals surface area contributed by atoms with Gasteiger partial charge >= 0.3 is 6.16 Å². The molecule has 1 unspecified atom stereocenters. The van der Waals surface area contributed by atoms with Crippen molar-refractivity contribution in [3.05, 3.63) is 57.7 Å². The van der Waals surface area contributed by atoms with Crippen molar-refractivity contribution in [1.82, 2.24) is 4.57 Å². The van der Waals surface area contributed by atoms with E-state index in [9.17, 15) is 4.79 Å². The zero-order chi connectivity index (χ0) is 21.6. The van der Waals surface area contributed by atoms with Gasteiger partial charge in [0.05, 0.1) is 15.7 Å². The second kappa shape index (κ2) is 7.71. The standard InChI is InChI=1S/C23H23Cl2NO4/c1-23(2,3)15-5-7-18-14(10-15)12-19(13-4-6-16(24)17(25)11-13)26(18)20-8-9-21(29-20)30-22(27)28/h4,6,8-9,11-12,15H,5,7,10H2,1-3H3,(H,27,28). The molecule has 7 heteroatoms. The molecular formula is C23H23Cl2NO4. The first kappa shape index (κ1) is 20.9. The molecule has 0 spiro atoms. The molecule has 2 aromatic heterocycles. The van der Waals surface area contributed by atoms with Crippen LogP contribution in [0.2, 0.25) is 10.0 Å². The number of hydrogen-bond donors (Lipinski definition) is 1. The largest absolute Gasteiger partial charge is 0.513 e. The summed E-state index contributed by atoms with van der Waals surface area (Å²) in [5.41, 5.74) is 4.47. The highest BCUT2D eigenvalue weighted by molar-refractivity contribution is 6.42. The van der Waals surface area contributed by atoms with Gasteiger partial charge in [-0.2, -0.15) is 0 Å². The summed E-state index contributed by atoms with van der Waals surface area (Å²) in [5.74, 6) is 1.01. The Bertz CT molecular complexity index is 1110. The maximum absolute atomic E-state index is 10.9. The van der Waals surface area contributed by atoms with Crippen LogP contribution in [0.15, 0.2) is 40.8 Å². The number of carboxylic acid groups (broad SMARTS) is 1. The number of hydrogen-bond acceptors (Lipinski definition) is 3. The van der Waals surface area contributed by atoms with Gasteiger partial charge in [-0.3, -0.25) is 4.57 Å². The molecule has 0 saturated carbocycles. The van der Waals surface area contributed by atoms with E-state index in [2.05, 4.69) is 31.6 Å². The monoisotopic (exact) mass is 447 g/mol. The predicted octanol–water partition coefficient (Wildman–Crippen LogP) is 7.25. The van der Waals surface area contributed by atoms with E-state index in [0.29, 0.717) is 21.8 Å². The number of fused-ring (bicyclic) bond motifs is 1. The van der Waals surface area contributed by atoms with Crippen molar-refractivity contribution in [3.63, 3.8) is 0 Å². The number of ether oxygens (including phenoxy) is 1. The van der Waals surface area contributed by atoms with Crippen molar-refractivity contribution in [3.8, 4) is 23.1 Å². The first-order chi connectivity index (χ1) is 14.1. The first-order valence-electron chi connectivity index (χ1n) is 9.83. The van der Waals surface area contributed by atoms with Gasteiger partial charge in [-0.15, -0.1) is 0 Å². The zero-order valence-electron chi connectivity index (χ0n) is 17.0. The zero-order valence-corrected chi connectivity index (χ0v) is 18.5. The molecule has 0 aliphatic heterocycles. The molecule has 0 fully saturated rings. The number of aromatic nitrogens is 1. The second-order valence-electron chi connectivity index (χ2n) is 8.73. The summed E-state index contributed by atoms with van der Waals surface area (Å²) in [7, 11) is 0. The van der Waals surface area contributed by atoms with Crippen LogP contribution in [0.1, 0.15) is 38.4 Å². The Labute approximate surface area is 185 Å². The molecule has 5 nitrogen and oxygen atoms in total. The number of halogens is 2. The van der Waals surface area contributed by atoms with Crippen molar-refractivity contribution in [2.75, 3.05) is 0 Å². The Morgan fingerprint density at radius 3 is 2.60 bits per heavy atom. The number of benzene rings is 1. The van der Waals surface area contributed by atoms with E-state index in [0.717, 1.165) is 36.2 Å². The van der Waals surface area contributed by atoms with E-state index in [-0.39, 0.29) is 11.4 Å². The Hall–Kier alpha value is -2.37. The molecule has 30 heavy (non-hydrogen) atoms. The van der Waals surface area contributed by atoms with Crippen LogP contribution in [0.25, 0.3) is 17.1 Å². The fraction of sp³-hybridized carbons (Fsp3) is 0.348. The van der Waals surface area contributed by atoms with Gasteiger partial charge in [-0.25, -0.2) is 4.79 Å². The smallest absolute Gasteiger partial charge is 0.449 e. The highest BCUT2D eigenvalue weighted by Gasteiger charge is 2.32. The van der Waals surface area contributed by atoms with Crippen LogP contribution in [0, 0.1) is 11.3 Å². The maximum Gasteiger partial charge on any atom is 0.513 e. The molecule has 1 aromatic carbocycles. The van der Waals surface area contributed by atoms with E-state index in [4.69, 9.17) is 32.7 Å². The van der Waals surface area contributed by atoms with Gasteiger partial charge in [0.2, 0.25) is 5.88 Å². The molecule has 3 aromatic rings. The van der Waals surface area contributed by atoms with Gasteiger partial charge in [-0.05, 0) is 54.4 Å². The molecule has 0 saturated heterocycles. The molecular weight excluding hydrogens is 425 g/mol. The Morgan fingerprint density at radius 2 is 1.93 bits per heavy atom. The van der Waals surface area contributed by atoms with E-state index in [1.807, 2.05) is 16.7 Å². The van der Waals surface area contributed by atoms with Crippen LogP contribution in [0.5, 0.6) is 5.95 Å². The molecule has 0 radical (unpaired) electrons. The van der Waals surface area contributed by atoms with Crippen molar-refractivity contribution in [1.29, 1.82) is 0 Å². The molecule has 0 bridgehead atoms. The predicted molar refractivity (Wildman–Crippen MR) is 117 cm³/mol. The number of rotatable bonds is 3. The summed E-state index contributed by atoms with van der Waals surface area (Å²) in [6.45, 7) is 6.84. The van der Waals surface area contributed by atoms with Crippen molar-refractivity contribution in [2.45, 2.75) is 40.0 Å². The van der Waals surface area contributed by atoms with Crippen LogP contribution in [-0.2, 0) is 12.8 Å². The quantitative estimate of drug-likeness (QED) is 0.429. The normalized spacial score (nSPS) is 16.4. The summed E-state index contributed by atoms with van der Waals surface area (Å²) in [6, 6.07) is 10.9. The SMILES string of the molecule is CC(C)(C)C1CCc2c(cc(-c3ccc(Cl)c(Cl)c3)n2-c2ccc(OC(=O)O)o2)C1. The van der Waals surface area contributed by atoms with Crippen LogP contribution >= 0.6 is 23.2 Å². The minimum absolute atomic E-state index is 0.0663. The Kier molecular flexibility index (Phi) is 5.37. The third-order valence-corrected chi connectivity index (χ3v) is 6.54. The molecule has 158 valence electrons. The Morgan fingerprint density at radius 1 is 1.17 bits per heavy atom. The van der Waals surface area contributed by atoms with Crippen LogP contribution < -0.4 is 4.74 Å². The molecule has 1 N–H and O–H groups in total. The number of carbonyl (C=O) groups is 1. The third-order valence-electron chi connectivity index (χ3n) is 5.80. The maximum atomic E-state index is 10.9. The van der Waals surface area contributed by atoms with Gasteiger partial charge in [0.1, 0.15) is 0 Å². The summed E-state index contributed by atoms with van der Waals surface area (Å²) in [4.78, 5) is 10.9. The highest BCUT2D eigenvalue weighted by Crippen LogP contribution is 2.42. The molecule has 1 aliphatic rings. The lowest BCUT2D eigenvalue weighted by molar-refractivity contribution is 0.133. The minimum Gasteiger partial charge on any atom is -0.449 e. The van der Waals surface area contributed by atoms with Gasteiger partial charge in [0.15, 0.2) is 0 Å². The first-order valence-corrected chi connectivity index (χ1v) is 10.6. The average Bonchev–Trinajstić information content (AvgIpc) is 3.26. The van der Waals surface area contributed by atoms with Crippen LogP contribution in [-0.4, -0.2) is 15.8 Å². The van der Waals surface area contributed by atoms with Gasteiger partial charge in [0, 0.05) is 23.4 Å². The van der Waals surface area contributed by atoms with E-state index < -0.39 is 6.16 Å². The molecule has 2 heterocycles. The topological polar surface area (TPSA) is 64.6 Å².